The molecule has 14 heavy (non-hydrogen) atoms. The molecule has 0 aliphatic rings. The molecule has 0 amide bonds. The molecule has 0 saturated heterocycles. The third-order valence-electron chi connectivity index (χ3n) is 1.23. The van der Waals surface area contributed by atoms with E-state index in [2.05, 4.69) is 20.6 Å². The van der Waals surface area contributed by atoms with Gasteiger partial charge >= 0.3 is 0 Å². The van der Waals surface area contributed by atoms with Gasteiger partial charge in [0.1, 0.15) is 0 Å². The standard InChI is InChI=1S/C7H6Cl3N3S/c1-2-3-4-11-6-12-5(13-14-6)7(8,9)10/h1H,3-4H2,(H,11,12,13). The van der Waals surface area contributed by atoms with Gasteiger partial charge in [0.2, 0.25) is 5.13 Å². The van der Waals surface area contributed by atoms with E-state index in [0.717, 1.165) is 11.5 Å². The van der Waals surface area contributed by atoms with Crippen LogP contribution in [-0.2, 0) is 3.79 Å². The van der Waals surface area contributed by atoms with Crippen LogP contribution >= 0.6 is 46.3 Å². The average molecular weight is 271 g/mol. The Kier molecular flexibility index (Phi) is 4.27. The Morgan fingerprint density at radius 3 is 2.71 bits per heavy atom. The summed E-state index contributed by atoms with van der Waals surface area (Å²) in [6.07, 6.45) is 5.69. The molecule has 0 fully saturated rings. The number of halogens is 3. The fourth-order valence-electron chi connectivity index (χ4n) is 0.652. The number of rotatable bonds is 3. The van der Waals surface area contributed by atoms with Gasteiger partial charge in [-0.25, -0.2) is 0 Å². The maximum absolute atomic E-state index is 5.59. The molecule has 3 nitrogen and oxygen atoms in total. The first-order chi connectivity index (χ1) is 6.54. The molecule has 0 atom stereocenters. The molecule has 1 N–H and O–H groups in total. The zero-order chi connectivity index (χ0) is 10.6. The minimum absolute atomic E-state index is 0.177. The van der Waals surface area contributed by atoms with Gasteiger partial charge < -0.3 is 5.32 Å². The molecule has 0 bridgehead atoms. The summed E-state index contributed by atoms with van der Waals surface area (Å²) in [5.74, 6) is 2.67. The van der Waals surface area contributed by atoms with E-state index in [1.807, 2.05) is 0 Å². The van der Waals surface area contributed by atoms with Gasteiger partial charge in [0.15, 0.2) is 5.82 Å². The summed E-state index contributed by atoms with van der Waals surface area (Å²) in [5, 5.41) is 3.56. The molecule has 0 aromatic carbocycles. The zero-order valence-corrected chi connectivity index (χ0v) is 10.0. The topological polar surface area (TPSA) is 37.8 Å². The van der Waals surface area contributed by atoms with Crippen molar-refractivity contribution < 1.29 is 0 Å². The van der Waals surface area contributed by atoms with Crippen molar-refractivity contribution in [3.8, 4) is 12.3 Å². The number of hydrogen-bond acceptors (Lipinski definition) is 4. The molecular weight excluding hydrogens is 265 g/mol. The molecule has 0 saturated carbocycles. The van der Waals surface area contributed by atoms with E-state index in [4.69, 9.17) is 41.2 Å². The summed E-state index contributed by atoms with van der Waals surface area (Å²) in [6, 6.07) is 0. The molecule has 76 valence electrons. The lowest BCUT2D eigenvalue weighted by Gasteiger charge is -2.03. The monoisotopic (exact) mass is 269 g/mol. The Bertz CT molecular complexity index is 339. The Labute approximate surface area is 101 Å². The molecule has 0 aliphatic heterocycles. The van der Waals surface area contributed by atoms with E-state index in [1.165, 1.54) is 0 Å². The van der Waals surface area contributed by atoms with E-state index in [1.54, 1.807) is 0 Å². The van der Waals surface area contributed by atoms with Crippen molar-refractivity contribution in [3.63, 3.8) is 0 Å². The lowest BCUT2D eigenvalue weighted by atomic mass is 10.4. The first-order valence-corrected chi connectivity index (χ1v) is 5.53. The maximum atomic E-state index is 5.59. The number of hydrogen-bond donors (Lipinski definition) is 1. The van der Waals surface area contributed by atoms with E-state index >= 15 is 0 Å². The summed E-state index contributed by atoms with van der Waals surface area (Å²) >= 11 is 17.9. The molecule has 7 heteroatoms. The van der Waals surface area contributed by atoms with E-state index in [0.29, 0.717) is 18.1 Å². The van der Waals surface area contributed by atoms with Crippen LogP contribution in [0.15, 0.2) is 0 Å². The van der Waals surface area contributed by atoms with Gasteiger partial charge in [-0.2, -0.15) is 9.36 Å². The normalized spacial score (nSPS) is 11.0. The summed E-state index contributed by atoms with van der Waals surface area (Å²) in [7, 11) is 0. The largest absolute Gasteiger partial charge is 0.359 e. The quantitative estimate of drug-likeness (QED) is 0.521. The number of aromatic nitrogens is 2. The molecule has 0 radical (unpaired) electrons. The van der Waals surface area contributed by atoms with Gasteiger partial charge in [-0.3, -0.25) is 0 Å². The Morgan fingerprint density at radius 2 is 2.21 bits per heavy atom. The lowest BCUT2D eigenvalue weighted by Crippen LogP contribution is -2.04. The lowest BCUT2D eigenvalue weighted by molar-refractivity contribution is 1.03. The SMILES string of the molecule is C#CCCNc1nc(C(Cl)(Cl)Cl)ns1. The third-order valence-corrected chi connectivity index (χ3v) is 2.41. The second kappa shape index (κ2) is 5.04. The zero-order valence-electron chi connectivity index (χ0n) is 6.93. The summed E-state index contributed by atoms with van der Waals surface area (Å²) in [4.78, 5) is 3.99. The third kappa shape index (κ3) is 3.50. The highest BCUT2D eigenvalue weighted by atomic mass is 35.6. The number of anilines is 1. The van der Waals surface area contributed by atoms with Gasteiger partial charge in [-0.05, 0) is 0 Å². The van der Waals surface area contributed by atoms with E-state index in [-0.39, 0.29) is 5.82 Å². The fraction of sp³-hybridized carbons (Fsp3) is 0.429. The highest BCUT2D eigenvalue weighted by Gasteiger charge is 2.28. The minimum Gasteiger partial charge on any atom is -0.359 e. The molecule has 1 rings (SSSR count). The molecular formula is C7H6Cl3N3S. The van der Waals surface area contributed by atoms with Crippen molar-refractivity contribution >= 4 is 51.5 Å². The van der Waals surface area contributed by atoms with Crippen molar-refractivity contribution in [2.75, 3.05) is 11.9 Å². The molecule has 1 aromatic heterocycles. The first-order valence-electron chi connectivity index (χ1n) is 3.62. The Hall–Kier alpha value is -0.210. The van der Waals surface area contributed by atoms with Crippen molar-refractivity contribution in [1.29, 1.82) is 0 Å². The van der Waals surface area contributed by atoms with Crippen LogP contribution in [0.5, 0.6) is 0 Å². The van der Waals surface area contributed by atoms with E-state index in [9.17, 15) is 0 Å². The van der Waals surface area contributed by atoms with Gasteiger partial charge in [0.25, 0.3) is 3.79 Å². The second-order valence-corrected chi connectivity index (χ2v) is 5.33. The van der Waals surface area contributed by atoms with Gasteiger partial charge in [0.05, 0.1) is 0 Å². The van der Waals surface area contributed by atoms with Crippen LogP contribution in [0.4, 0.5) is 5.13 Å². The highest BCUT2D eigenvalue weighted by Crippen LogP contribution is 2.37. The number of terminal acetylenes is 1. The molecule has 1 heterocycles. The van der Waals surface area contributed by atoms with Crippen LogP contribution in [0, 0.1) is 12.3 Å². The van der Waals surface area contributed by atoms with Crippen molar-refractivity contribution in [2.24, 2.45) is 0 Å². The average Bonchev–Trinajstić information content (AvgIpc) is 2.52. The van der Waals surface area contributed by atoms with Crippen LogP contribution in [0.25, 0.3) is 0 Å². The molecule has 0 aliphatic carbocycles. The predicted octanol–water partition coefficient (Wildman–Crippen LogP) is 2.80. The van der Waals surface area contributed by atoms with Crippen molar-refractivity contribution in [2.45, 2.75) is 10.2 Å². The molecule has 1 aromatic rings. The van der Waals surface area contributed by atoms with E-state index < -0.39 is 3.79 Å². The number of nitrogens with one attached hydrogen (secondary N) is 1. The number of nitrogens with zero attached hydrogens (tertiary/aromatic N) is 2. The summed E-state index contributed by atoms with van der Waals surface area (Å²) in [5.41, 5.74) is 0. The van der Waals surface area contributed by atoms with Crippen LogP contribution in [0.3, 0.4) is 0 Å². The maximum Gasteiger partial charge on any atom is 0.251 e. The van der Waals surface area contributed by atoms with Gasteiger partial charge in [0, 0.05) is 24.5 Å². The van der Waals surface area contributed by atoms with Gasteiger partial charge in [-0.15, -0.1) is 12.3 Å². The minimum atomic E-state index is -1.57. The fourth-order valence-corrected chi connectivity index (χ4v) is 1.70. The van der Waals surface area contributed by atoms with Crippen LogP contribution in [0.2, 0.25) is 0 Å². The van der Waals surface area contributed by atoms with Crippen molar-refractivity contribution in [3.05, 3.63) is 5.82 Å². The Balaban J connectivity index is 2.57. The first kappa shape index (κ1) is 11.9. The predicted molar refractivity (Wildman–Crippen MR) is 61.1 cm³/mol. The molecule has 0 spiro atoms. The highest BCUT2D eigenvalue weighted by molar-refractivity contribution is 7.09. The Morgan fingerprint density at radius 1 is 1.50 bits per heavy atom. The van der Waals surface area contributed by atoms with Crippen molar-refractivity contribution in [1.82, 2.24) is 9.36 Å². The van der Waals surface area contributed by atoms with Crippen LogP contribution < -0.4 is 5.32 Å². The summed E-state index contributed by atoms with van der Waals surface area (Å²) in [6.45, 7) is 0.630. The van der Waals surface area contributed by atoms with Gasteiger partial charge in [-0.1, -0.05) is 34.8 Å². The summed E-state index contributed by atoms with van der Waals surface area (Å²) < 4.78 is 2.32. The molecule has 0 unspecified atom stereocenters. The smallest absolute Gasteiger partial charge is 0.251 e. The van der Waals surface area contributed by atoms with Crippen LogP contribution in [-0.4, -0.2) is 15.9 Å². The van der Waals surface area contributed by atoms with Crippen LogP contribution in [0.1, 0.15) is 12.2 Å². The second-order valence-electron chi connectivity index (χ2n) is 2.30. The number of alkyl halides is 3.